The van der Waals surface area contributed by atoms with Gasteiger partial charge in [0.1, 0.15) is 6.10 Å². The number of carbonyl (C=O) groups excluding carboxylic acids is 1. The maximum atomic E-state index is 11.5. The van der Waals surface area contributed by atoms with Crippen LogP contribution in [0, 0.1) is 0 Å². The molecule has 4 heteroatoms. The van der Waals surface area contributed by atoms with Crippen LogP contribution in [-0.4, -0.2) is 37.5 Å². The molecule has 0 amide bonds. The van der Waals surface area contributed by atoms with E-state index >= 15 is 0 Å². The van der Waals surface area contributed by atoms with Gasteiger partial charge in [0.05, 0.1) is 18.8 Å². The van der Waals surface area contributed by atoms with Crippen LogP contribution in [0.4, 0.5) is 0 Å². The first-order valence-corrected chi connectivity index (χ1v) is 4.63. The van der Waals surface area contributed by atoms with Gasteiger partial charge in [0.2, 0.25) is 0 Å². The highest BCUT2D eigenvalue weighted by Crippen LogP contribution is 2.03. The molecule has 1 aromatic rings. The largest absolute Gasteiger partial charge is 0.454 e. The van der Waals surface area contributed by atoms with E-state index in [1.165, 1.54) is 7.11 Å². The highest BCUT2D eigenvalue weighted by Gasteiger charge is 2.14. The molecule has 0 spiro atoms. The van der Waals surface area contributed by atoms with Crippen molar-refractivity contribution in [3.05, 3.63) is 35.9 Å². The Kier molecular flexibility index (Phi) is 4.80. The summed E-state index contributed by atoms with van der Waals surface area (Å²) in [5.41, 5.74) is 0.465. The molecule has 15 heavy (non-hydrogen) atoms. The van der Waals surface area contributed by atoms with Gasteiger partial charge < -0.3 is 14.6 Å². The molecular weight excluding hydrogens is 196 g/mol. The number of hydrogen-bond donors (Lipinski definition) is 1. The van der Waals surface area contributed by atoms with Gasteiger partial charge in [-0.05, 0) is 12.1 Å². The first-order valence-electron chi connectivity index (χ1n) is 4.63. The van der Waals surface area contributed by atoms with Gasteiger partial charge in [-0.3, -0.25) is 0 Å². The topological polar surface area (TPSA) is 55.8 Å². The minimum atomic E-state index is -0.609. The number of esters is 1. The van der Waals surface area contributed by atoms with Crippen LogP contribution in [-0.2, 0) is 9.47 Å². The molecule has 0 aliphatic heterocycles. The lowest BCUT2D eigenvalue weighted by Gasteiger charge is -2.14. The lowest BCUT2D eigenvalue weighted by Crippen LogP contribution is -2.26. The third-order valence-electron chi connectivity index (χ3n) is 1.84. The summed E-state index contributed by atoms with van der Waals surface area (Å²) in [6, 6.07) is 8.63. The highest BCUT2D eigenvalue weighted by atomic mass is 16.6. The van der Waals surface area contributed by atoms with Crippen LogP contribution in [0.25, 0.3) is 0 Å². The van der Waals surface area contributed by atoms with E-state index in [0.717, 1.165) is 0 Å². The van der Waals surface area contributed by atoms with Crippen molar-refractivity contribution in [3.8, 4) is 0 Å². The van der Waals surface area contributed by atoms with Gasteiger partial charge in [0.15, 0.2) is 0 Å². The Morgan fingerprint density at radius 2 is 2.07 bits per heavy atom. The van der Waals surface area contributed by atoms with Crippen molar-refractivity contribution in [2.24, 2.45) is 0 Å². The fourth-order valence-corrected chi connectivity index (χ4v) is 1.10. The van der Waals surface area contributed by atoms with Crippen LogP contribution in [0.3, 0.4) is 0 Å². The zero-order valence-electron chi connectivity index (χ0n) is 8.55. The Morgan fingerprint density at radius 3 is 2.60 bits per heavy atom. The van der Waals surface area contributed by atoms with Crippen LogP contribution in [0.2, 0.25) is 0 Å². The second kappa shape index (κ2) is 6.16. The normalized spacial score (nSPS) is 12.1. The molecule has 0 aliphatic rings. The fraction of sp³-hybridized carbons (Fsp3) is 0.364. The molecule has 1 atom stereocenters. The fourth-order valence-electron chi connectivity index (χ4n) is 1.10. The van der Waals surface area contributed by atoms with Gasteiger partial charge in [-0.15, -0.1) is 0 Å². The van der Waals surface area contributed by atoms with Crippen LogP contribution >= 0.6 is 0 Å². The lowest BCUT2D eigenvalue weighted by molar-refractivity contribution is -0.0140. The number of carbonyl (C=O) groups is 1. The summed E-state index contributed by atoms with van der Waals surface area (Å²) in [6.07, 6.45) is -0.609. The van der Waals surface area contributed by atoms with E-state index in [1.54, 1.807) is 24.3 Å². The van der Waals surface area contributed by atoms with E-state index in [0.29, 0.717) is 5.56 Å². The maximum Gasteiger partial charge on any atom is 0.338 e. The average molecular weight is 210 g/mol. The molecule has 4 nitrogen and oxygen atoms in total. The number of aliphatic hydroxyl groups is 1. The van der Waals surface area contributed by atoms with Crippen molar-refractivity contribution in [1.29, 1.82) is 0 Å². The van der Waals surface area contributed by atoms with E-state index in [2.05, 4.69) is 0 Å². The molecular formula is C11H14O4. The molecule has 0 bridgehead atoms. The van der Waals surface area contributed by atoms with Crippen LogP contribution in [0.15, 0.2) is 30.3 Å². The molecule has 0 heterocycles. The molecule has 0 aliphatic carbocycles. The summed E-state index contributed by atoms with van der Waals surface area (Å²) in [7, 11) is 1.49. The van der Waals surface area contributed by atoms with Gasteiger partial charge >= 0.3 is 5.97 Å². The molecule has 1 N–H and O–H groups in total. The van der Waals surface area contributed by atoms with E-state index in [1.807, 2.05) is 6.07 Å². The third kappa shape index (κ3) is 3.69. The predicted molar refractivity (Wildman–Crippen MR) is 54.6 cm³/mol. The van der Waals surface area contributed by atoms with Crippen LogP contribution in [0.5, 0.6) is 0 Å². The summed E-state index contributed by atoms with van der Waals surface area (Å²) >= 11 is 0. The Balaban J connectivity index is 2.55. The smallest absolute Gasteiger partial charge is 0.338 e. The number of ether oxygens (including phenoxy) is 2. The molecule has 82 valence electrons. The minimum Gasteiger partial charge on any atom is -0.454 e. The van der Waals surface area contributed by atoms with Gasteiger partial charge in [-0.1, -0.05) is 18.2 Å². The lowest BCUT2D eigenvalue weighted by atomic mass is 10.2. The summed E-state index contributed by atoms with van der Waals surface area (Å²) in [5.74, 6) is -0.452. The van der Waals surface area contributed by atoms with E-state index in [4.69, 9.17) is 14.6 Å². The second-order valence-corrected chi connectivity index (χ2v) is 3.03. The Labute approximate surface area is 88.4 Å². The summed E-state index contributed by atoms with van der Waals surface area (Å²) in [5, 5.41) is 8.90. The van der Waals surface area contributed by atoms with Crippen molar-refractivity contribution >= 4 is 5.97 Å². The SMILES string of the molecule is COCC(CO)OC(=O)c1ccccc1. The molecule has 0 radical (unpaired) electrons. The number of rotatable bonds is 5. The Morgan fingerprint density at radius 1 is 1.40 bits per heavy atom. The molecule has 1 unspecified atom stereocenters. The molecule has 0 saturated carbocycles. The molecule has 0 saturated heterocycles. The molecule has 1 aromatic carbocycles. The van der Waals surface area contributed by atoms with E-state index < -0.39 is 12.1 Å². The van der Waals surface area contributed by atoms with Crippen molar-refractivity contribution < 1.29 is 19.4 Å². The van der Waals surface area contributed by atoms with E-state index in [9.17, 15) is 4.79 Å². The predicted octanol–water partition coefficient (Wildman–Crippen LogP) is 0.851. The monoisotopic (exact) mass is 210 g/mol. The zero-order chi connectivity index (χ0) is 11.1. The summed E-state index contributed by atoms with van der Waals surface area (Å²) < 4.78 is 9.81. The van der Waals surface area contributed by atoms with Gasteiger partial charge in [-0.25, -0.2) is 4.79 Å². The minimum absolute atomic E-state index is 0.190. The van der Waals surface area contributed by atoms with E-state index in [-0.39, 0.29) is 13.2 Å². The van der Waals surface area contributed by atoms with Gasteiger partial charge in [-0.2, -0.15) is 0 Å². The molecule has 0 fully saturated rings. The maximum absolute atomic E-state index is 11.5. The first-order chi connectivity index (χ1) is 7.27. The standard InChI is InChI=1S/C11H14O4/c1-14-8-10(7-12)15-11(13)9-5-3-2-4-6-9/h2-6,10,12H,7-8H2,1H3. The van der Waals surface area contributed by atoms with Gasteiger partial charge in [0, 0.05) is 7.11 Å². The number of benzene rings is 1. The Hall–Kier alpha value is -1.39. The molecule has 1 rings (SSSR count). The van der Waals surface area contributed by atoms with Crippen LogP contribution in [0.1, 0.15) is 10.4 Å². The first kappa shape index (κ1) is 11.7. The van der Waals surface area contributed by atoms with Crippen molar-refractivity contribution in [2.75, 3.05) is 20.3 Å². The second-order valence-electron chi connectivity index (χ2n) is 3.03. The number of aliphatic hydroxyl groups excluding tert-OH is 1. The highest BCUT2D eigenvalue weighted by molar-refractivity contribution is 5.89. The summed E-state index contributed by atoms with van der Waals surface area (Å²) in [6.45, 7) is -0.0541. The number of hydrogen-bond acceptors (Lipinski definition) is 4. The number of methoxy groups -OCH3 is 1. The Bertz CT molecular complexity index is 297. The van der Waals surface area contributed by atoms with Crippen molar-refractivity contribution in [1.82, 2.24) is 0 Å². The van der Waals surface area contributed by atoms with Crippen molar-refractivity contribution in [3.63, 3.8) is 0 Å². The molecule has 0 aromatic heterocycles. The quantitative estimate of drug-likeness (QED) is 0.732. The van der Waals surface area contributed by atoms with Crippen molar-refractivity contribution in [2.45, 2.75) is 6.10 Å². The average Bonchev–Trinajstić information content (AvgIpc) is 2.29. The third-order valence-corrected chi connectivity index (χ3v) is 1.84. The zero-order valence-corrected chi connectivity index (χ0v) is 8.55. The van der Waals surface area contributed by atoms with Crippen LogP contribution < -0.4 is 0 Å². The van der Waals surface area contributed by atoms with Gasteiger partial charge in [0.25, 0.3) is 0 Å². The summed E-state index contributed by atoms with van der Waals surface area (Å²) in [4.78, 5) is 11.5.